The van der Waals surface area contributed by atoms with Crippen LogP contribution in [0.15, 0.2) is 36.4 Å². The second kappa shape index (κ2) is 7.35. The number of carbonyl (C=O) groups excluding carboxylic acids is 1. The van der Waals surface area contributed by atoms with Gasteiger partial charge in [-0.1, -0.05) is 46.9 Å². The molecule has 2 aromatic carbocycles. The van der Waals surface area contributed by atoms with Crippen molar-refractivity contribution < 1.29 is 14.7 Å². The minimum Gasteiger partial charge on any atom is -0.480 e. The minimum atomic E-state index is -1.03. The Morgan fingerprint density at radius 2 is 1.85 bits per heavy atom. The van der Waals surface area contributed by atoms with Gasteiger partial charge in [-0.05, 0) is 24.3 Å². The first-order valence-electron chi connectivity index (χ1n) is 7.82. The Hall–Kier alpha value is -1.95. The van der Waals surface area contributed by atoms with Crippen LogP contribution in [0.3, 0.4) is 0 Å². The normalized spacial score (nSPS) is 18.6. The summed E-state index contributed by atoms with van der Waals surface area (Å²) in [4.78, 5) is 25.6. The van der Waals surface area contributed by atoms with E-state index in [0.29, 0.717) is 32.0 Å². The Bertz CT molecular complexity index is 888. The first kappa shape index (κ1) is 18.8. The molecule has 2 N–H and O–H groups in total. The highest BCUT2D eigenvalue weighted by Crippen LogP contribution is 2.45. The Morgan fingerprint density at radius 3 is 2.46 bits per heavy atom. The second-order valence-corrected chi connectivity index (χ2v) is 7.23. The number of anilines is 2. The van der Waals surface area contributed by atoms with Crippen LogP contribution < -0.4 is 10.2 Å². The number of nitrogens with zero attached hydrogens (tertiary/aromatic N) is 1. The van der Waals surface area contributed by atoms with Gasteiger partial charge in [0.25, 0.3) is 0 Å². The molecule has 136 valence electrons. The van der Waals surface area contributed by atoms with Gasteiger partial charge in [0, 0.05) is 34.6 Å². The lowest BCUT2D eigenvalue weighted by Crippen LogP contribution is -2.43. The highest BCUT2D eigenvalue weighted by molar-refractivity contribution is 6.36. The van der Waals surface area contributed by atoms with Crippen molar-refractivity contribution in [3.63, 3.8) is 0 Å². The van der Waals surface area contributed by atoms with E-state index in [1.54, 1.807) is 36.4 Å². The van der Waals surface area contributed by atoms with Crippen LogP contribution in [-0.4, -0.2) is 23.0 Å². The average Bonchev–Trinajstić information content (AvgIpc) is 2.55. The van der Waals surface area contributed by atoms with Crippen LogP contribution in [0.1, 0.15) is 24.9 Å². The standard InChI is InChI=1S/C18H15Cl3N2O3/c1-9(24)23(15-5-3-2-4-11(15)20)16-8-14(18(25)26)22-13-7-10(19)6-12(21)17(13)16/h2-7,14,16,22H,8H2,1H3,(H,25,26)/t14-,16+/m0/s1. The number of hydrogen-bond donors (Lipinski definition) is 2. The first-order valence-corrected chi connectivity index (χ1v) is 8.95. The van der Waals surface area contributed by atoms with E-state index < -0.39 is 18.1 Å². The zero-order chi connectivity index (χ0) is 19.0. The molecule has 0 unspecified atom stereocenters. The van der Waals surface area contributed by atoms with E-state index >= 15 is 0 Å². The molecule has 2 atom stereocenters. The third-order valence-electron chi connectivity index (χ3n) is 4.28. The van der Waals surface area contributed by atoms with Gasteiger partial charge in [0.1, 0.15) is 6.04 Å². The molecule has 0 radical (unpaired) electrons. The number of fused-ring (bicyclic) bond motifs is 1. The van der Waals surface area contributed by atoms with E-state index in [1.165, 1.54) is 11.8 Å². The van der Waals surface area contributed by atoms with Crippen LogP contribution in [0.2, 0.25) is 15.1 Å². The van der Waals surface area contributed by atoms with E-state index in [4.69, 9.17) is 34.8 Å². The maximum atomic E-state index is 12.5. The fourth-order valence-corrected chi connectivity index (χ4v) is 4.08. The number of halogens is 3. The van der Waals surface area contributed by atoms with Crippen LogP contribution in [0.25, 0.3) is 0 Å². The third-order valence-corrected chi connectivity index (χ3v) is 5.13. The lowest BCUT2D eigenvalue weighted by molar-refractivity contribution is -0.138. The second-order valence-electron chi connectivity index (χ2n) is 5.98. The topological polar surface area (TPSA) is 69.6 Å². The van der Waals surface area contributed by atoms with Gasteiger partial charge in [-0.2, -0.15) is 0 Å². The first-order chi connectivity index (χ1) is 12.3. The average molecular weight is 414 g/mol. The van der Waals surface area contributed by atoms with Crippen molar-refractivity contribution in [1.29, 1.82) is 0 Å². The molecule has 0 fully saturated rings. The summed E-state index contributed by atoms with van der Waals surface area (Å²) in [5, 5.41) is 13.6. The molecule has 0 bridgehead atoms. The quantitative estimate of drug-likeness (QED) is 0.742. The number of carboxylic acid groups (broad SMARTS) is 1. The minimum absolute atomic E-state index is 0.133. The van der Waals surface area contributed by atoms with Gasteiger partial charge < -0.3 is 15.3 Å². The molecular formula is C18H15Cl3N2O3. The molecule has 0 saturated carbocycles. The number of benzene rings is 2. The molecule has 8 heteroatoms. The Labute approximate surface area is 165 Å². The van der Waals surface area contributed by atoms with E-state index in [9.17, 15) is 14.7 Å². The van der Waals surface area contributed by atoms with Crippen LogP contribution in [0.5, 0.6) is 0 Å². The summed E-state index contributed by atoms with van der Waals surface area (Å²) >= 11 is 18.8. The van der Waals surface area contributed by atoms with Gasteiger partial charge in [0.2, 0.25) is 5.91 Å². The largest absolute Gasteiger partial charge is 0.480 e. The van der Waals surface area contributed by atoms with Crippen LogP contribution >= 0.6 is 34.8 Å². The molecule has 26 heavy (non-hydrogen) atoms. The SMILES string of the molecule is CC(=O)N(c1ccccc1Cl)[C@@H]1C[C@@H](C(=O)O)Nc2cc(Cl)cc(Cl)c21. The van der Waals surface area contributed by atoms with Gasteiger partial charge >= 0.3 is 5.97 Å². The van der Waals surface area contributed by atoms with Crippen molar-refractivity contribution in [1.82, 2.24) is 0 Å². The molecule has 1 heterocycles. The summed E-state index contributed by atoms with van der Waals surface area (Å²) in [5.41, 5.74) is 1.60. The van der Waals surface area contributed by atoms with Crippen molar-refractivity contribution in [2.45, 2.75) is 25.4 Å². The maximum absolute atomic E-state index is 12.5. The number of carbonyl (C=O) groups is 2. The van der Waals surface area contributed by atoms with Crippen molar-refractivity contribution in [2.75, 3.05) is 10.2 Å². The molecule has 1 amide bonds. The lowest BCUT2D eigenvalue weighted by Gasteiger charge is -2.39. The monoisotopic (exact) mass is 412 g/mol. The molecule has 2 aromatic rings. The number of rotatable bonds is 3. The molecule has 0 aliphatic carbocycles. The molecule has 0 aromatic heterocycles. The van der Waals surface area contributed by atoms with Gasteiger partial charge in [-0.25, -0.2) is 4.79 Å². The van der Waals surface area contributed by atoms with Crippen LogP contribution in [0.4, 0.5) is 11.4 Å². The zero-order valence-corrected chi connectivity index (χ0v) is 15.9. The van der Waals surface area contributed by atoms with Crippen LogP contribution in [-0.2, 0) is 9.59 Å². The van der Waals surface area contributed by atoms with Crippen molar-refractivity contribution >= 4 is 58.1 Å². The molecular weight excluding hydrogens is 399 g/mol. The number of para-hydroxylation sites is 1. The summed E-state index contributed by atoms with van der Waals surface area (Å²) in [6.07, 6.45) is 0.133. The summed E-state index contributed by atoms with van der Waals surface area (Å²) in [5.74, 6) is -1.30. The molecule has 5 nitrogen and oxygen atoms in total. The molecule has 3 rings (SSSR count). The summed E-state index contributed by atoms with van der Waals surface area (Å²) < 4.78 is 0. The Morgan fingerprint density at radius 1 is 1.15 bits per heavy atom. The number of nitrogens with one attached hydrogen (secondary N) is 1. The number of aliphatic carboxylic acids is 1. The fraction of sp³-hybridized carbons (Fsp3) is 0.222. The maximum Gasteiger partial charge on any atom is 0.326 e. The smallest absolute Gasteiger partial charge is 0.326 e. The third kappa shape index (κ3) is 3.47. The lowest BCUT2D eigenvalue weighted by atomic mass is 9.91. The van der Waals surface area contributed by atoms with Crippen molar-refractivity contribution in [2.24, 2.45) is 0 Å². The summed E-state index contributed by atoms with van der Waals surface area (Å²) in [6.45, 7) is 1.41. The van der Waals surface area contributed by atoms with E-state index in [-0.39, 0.29) is 12.3 Å². The summed E-state index contributed by atoms with van der Waals surface area (Å²) in [6, 6.07) is 8.59. The molecule has 0 spiro atoms. The van der Waals surface area contributed by atoms with Crippen LogP contribution in [0, 0.1) is 0 Å². The zero-order valence-electron chi connectivity index (χ0n) is 13.7. The van der Waals surface area contributed by atoms with Gasteiger partial charge in [0.15, 0.2) is 0 Å². The predicted octanol–water partition coefficient (Wildman–Crippen LogP) is 5.01. The molecule has 0 saturated heterocycles. The van der Waals surface area contributed by atoms with E-state index in [0.717, 1.165) is 0 Å². The predicted molar refractivity (Wildman–Crippen MR) is 103 cm³/mol. The Balaban J connectivity index is 2.20. The Kier molecular flexibility index (Phi) is 5.32. The van der Waals surface area contributed by atoms with Crippen molar-refractivity contribution in [3.05, 3.63) is 57.0 Å². The van der Waals surface area contributed by atoms with E-state index in [2.05, 4.69) is 5.32 Å². The number of carboxylic acids is 1. The van der Waals surface area contributed by atoms with Gasteiger partial charge in [0.05, 0.1) is 16.8 Å². The summed E-state index contributed by atoms with van der Waals surface area (Å²) in [7, 11) is 0. The van der Waals surface area contributed by atoms with Gasteiger partial charge in [-0.15, -0.1) is 0 Å². The highest BCUT2D eigenvalue weighted by Gasteiger charge is 2.38. The number of hydrogen-bond acceptors (Lipinski definition) is 3. The van der Waals surface area contributed by atoms with E-state index in [1.807, 2.05) is 0 Å². The molecule has 1 aliphatic rings. The fourth-order valence-electron chi connectivity index (χ4n) is 3.23. The van der Waals surface area contributed by atoms with Crippen molar-refractivity contribution in [3.8, 4) is 0 Å². The highest BCUT2D eigenvalue weighted by atomic mass is 35.5. The van der Waals surface area contributed by atoms with Gasteiger partial charge in [-0.3, -0.25) is 4.79 Å². The number of amides is 1. The molecule has 1 aliphatic heterocycles.